The molecule has 19 heavy (non-hydrogen) atoms. The minimum atomic E-state index is -6.93. The fraction of sp³-hybridized carbons (Fsp3) is 1.00. The van der Waals surface area contributed by atoms with E-state index < -0.39 is 35.9 Å². The van der Waals surface area contributed by atoms with Crippen LogP contribution in [0.3, 0.4) is 0 Å². The van der Waals surface area contributed by atoms with E-state index in [0.717, 1.165) is 0 Å². The molecule has 1 saturated heterocycles. The molecule has 0 aromatic heterocycles. The molecule has 0 amide bonds. The Morgan fingerprint density at radius 3 is 0.895 bits per heavy atom. The van der Waals surface area contributed by atoms with Crippen molar-refractivity contribution in [3.63, 3.8) is 0 Å². The lowest BCUT2D eigenvalue weighted by Gasteiger charge is -2.25. The minimum Gasteiger partial charge on any atom is -0.288 e. The lowest BCUT2D eigenvalue weighted by molar-refractivity contribution is -0.346. The Hall–Kier alpha value is -0.880. The molecule has 1 rings (SSSR count). The Morgan fingerprint density at radius 2 is 0.737 bits per heavy atom. The van der Waals surface area contributed by atoms with E-state index in [1.54, 1.807) is 0 Å². The first-order chi connectivity index (χ1) is 7.96. The fourth-order valence-electron chi connectivity index (χ4n) is 1.06. The van der Waals surface area contributed by atoms with Gasteiger partial charge < -0.3 is 0 Å². The first kappa shape index (κ1) is 16.2. The number of alkyl halides is 12. The summed E-state index contributed by atoms with van der Waals surface area (Å²) in [6.07, 6.45) is -13.9. The second kappa shape index (κ2) is 3.41. The van der Waals surface area contributed by atoms with Gasteiger partial charge in [0.15, 0.2) is 0 Å². The Balaban J connectivity index is 3.25. The number of epoxide rings is 1. The van der Waals surface area contributed by atoms with Crippen molar-refractivity contribution < 1.29 is 57.4 Å². The van der Waals surface area contributed by atoms with Crippen molar-refractivity contribution >= 4 is 0 Å². The monoisotopic (exact) mass is 316 g/mol. The van der Waals surface area contributed by atoms with Gasteiger partial charge in [-0.05, 0) is 0 Å². The molecule has 114 valence electrons. The topological polar surface area (TPSA) is 12.5 Å². The molecule has 0 spiro atoms. The zero-order chi connectivity index (χ0) is 15.7. The van der Waals surface area contributed by atoms with E-state index in [1.807, 2.05) is 0 Å². The molecule has 0 aliphatic carbocycles. The quantitative estimate of drug-likeness (QED) is 0.558. The molecule has 0 aromatic rings. The van der Waals surface area contributed by atoms with Crippen LogP contribution in [-0.4, -0.2) is 35.9 Å². The summed E-state index contributed by atoms with van der Waals surface area (Å²) in [5.74, 6) is -26.1. The summed E-state index contributed by atoms with van der Waals surface area (Å²) in [6.45, 7) is 0. The molecule has 1 nitrogen and oxygen atoms in total. The normalized spacial score (nSPS) is 33.5. The van der Waals surface area contributed by atoms with Crippen molar-refractivity contribution in [3.8, 4) is 0 Å². The number of hydrogen-bond donors (Lipinski definition) is 0. The summed E-state index contributed by atoms with van der Waals surface area (Å²) in [5, 5.41) is 0. The summed E-state index contributed by atoms with van der Waals surface area (Å²) in [5.41, 5.74) is 0. The van der Waals surface area contributed by atoms with Crippen LogP contribution in [0.15, 0.2) is 0 Å². The predicted octanol–water partition coefficient (Wildman–Crippen LogP) is 3.74. The molecule has 2 atom stereocenters. The number of halogens is 12. The third-order valence-electron chi connectivity index (χ3n) is 2.17. The second-order valence-electron chi connectivity index (χ2n) is 3.44. The van der Waals surface area contributed by atoms with Gasteiger partial charge in [-0.25, -0.2) is 0 Å². The Bertz CT molecular complexity index is 345. The van der Waals surface area contributed by atoms with Crippen molar-refractivity contribution in [2.75, 3.05) is 0 Å². The van der Waals surface area contributed by atoms with Crippen molar-refractivity contribution in [2.24, 2.45) is 0 Å². The van der Waals surface area contributed by atoms with Gasteiger partial charge >= 0.3 is 35.9 Å². The van der Waals surface area contributed by atoms with E-state index in [0.29, 0.717) is 0 Å². The van der Waals surface area contributed by atoms with Gasteiger partial charge in [0, 0.05) is 0 Å². The van der Waals surface area contributed by atoms with E-state index >= 15 is 0 Å². The Morgan fingerprint density at radius 1 is 0.526 bits per heavy atom. The van der Waals surface area contributed by atoms with E-state index in [2.05, 4.69) is 4.74 Å². The second-order valence-corrected chi connectivity index (χ2v) is 3.44. The third-order valence-corrected chi connectivity index (χ3v) is 2.17. The van der Waals surface area contributed by atoms with Gasteiger partial charge in [-0.3, -0.25) is 4.74 Å². The average molecular weight is 316 g/mol. The molecule has 0 saturated carbocycles. The molecule has 0 N–H and O–H groups in total. The maximum Gasteiger partial charge on any atom is 0.459 e. The van der Waals surface area contributed by atoms with Crippen LogP contribution in [0.1, 0.15) is 0 Å². The highest BCUT2D eigenvalue weighted by Crippen LogP contribution is 2.70. The van der Waals surface area contributed by atoms with E-state index in [1.165, 1.54) is 0 Å². The van der Waals surface area contributed by atoms with Crippen LogP contribution < -0.4 is 0 Å². The SMILES string of the molecule is FC(F)(F)C(F)(F)C1(F)OC1(F)C(F)(F)C(F)(F)F. The maximum atomic E-state index is 12.8. The molecule has 1 heterocycles. The van der Waals surface area contributed by atoms with Crippen LogP contribution in [0.25, 0.3) is 0 Å². The highest BCUT2D eigenvalue weighted by Gasteiger charge is 3.02. The van der Waals surface area contributed by atoms with Crippen LogP contribution in [0.2, 0.25) is 0 Å². The van der Waals surface area contributed by atoms with Gasteiger partial charge in [0.25, 0.3) is 0 Å². The highest BCUT2D eigenvalue weighted by molar-refractivity contribution is 5.19. The van der Waals surface area contributed by atoms with Crippen LogP contribution in [0, 0.1) is 0 Å². The predicted molar refractivity (Wildman–Crippen MR) is 30.8 cm³/mol. The summed E-state index contributed by atoms with van der Waals surface area (Å²) < 4.78 is 147. The molecule has 0 radical (unpaired) electrons. The minimum absolute atomic E-state index is 2.20. The van der Waals surface area contributed by atoms with Gasteiger partial charge in [0.05, 0.1) is 0 Å². The van der Waals surface area contributed by atoms with Crippen LogP contribution >= 0.6 is 0 Å². The molecule has 1 aliphatic heterocycles. The number of ether oxygens (including phenoxy) is 1. The molecule has 13 heteroatoms. The smallest absolute Gasteiger partial charge is 0.288 e. The third kappa shape index (κ3) is 1.69. The summed E-state index contributed by atoms with van der Waals surface area (Å²) in [6, 6.07) is 0. The van der Waals surface area contributed by atoms with Crippen molar-refractivity contribution in [1.82, 2.24) is 0 Å². The summed E-state index contributed by atoms with van der Waals surface area (Å²) in [4.78, 5) is 0. The van der Waals surface area contributed by atoms with Crippen LogP contribution in [0.4, 0.5) is 52.7 Å². The molecular weight excluding hydrogens is 316 g/mol. The van der Waals surface area contributed by atoms with E-state index in [9.17, 15) is 52.7 Å². The van der Waals surface area contributed by atoms with Gasteiger partial charge in [-0.15, -0.1) is 0 Å². The molecule has 1 aliphatic rings. The zero-order valence-corrected chi connectivity index (χ0v) is 7.94. The molecule has 2 unspecified atom stereocenters. The van der Waals surface area contributed by atoms with Gasteiger partial charge in [0.1, 0.15) is 0 Å². The maximum absolute atomic E-state index is 12.8. The molecular formula is C6F12O. The fourth-order valence-corrected chi connectivity index (χ4v) is 1.06. The molecule has 1 fully saturated rings. The first-order valence-corrected chi connectivity index (χ1v) is 3.93. The lowest BCUT2D eigenvalue weighted by atomic mass is 10.0. The number of hydrogen-bond acceptors (Lipinski definition) is 1. The molecule has 0 aromatic carbocycles. The van der Waals surface area contributed by atoms with Gasteiger partial charge in [-0.1, -0.05) is 0 Å². The summed E-state index contributed by atoms with van der Waals surface area (Å²) >= 11 is 0. The largest absolute Gasteiger partial charge is 0.459 e. The van der Waals surface area contributed by atoms with Crippen LogP contribution in [-0.2, 0) is 4.74 Å². The standard InChI is InChI=1S/C6F12O/c7-1(8,5(13,14)15)3(11)4(12,19-3)2(9,10)6(16,17)18. The van der Waals surface area contributed by atoms with Gasteiger partial charge in [0.2, 0.25) is 0 Å². The zero-order valence-electron chi connectivity index (χ0n) is 7.94. The summed E-state index contributed by atoms with van der Waals surface area (Å²) in [7, 11) is 0. The van der Waals surface area contributed by atoms with Gasteiger partial charge in [-0.2, -0.15) is 52.7 Å². The highest BCUT2D eigenvalue weighted by atomic mass is 19.4. The Labute approximate surface area is 94.7 Å². The molecule has 0 bridgehead atoms. The first-order valence-electron chi connectivity index (χ1n) is 3.93. The lowest BCUT2D eigenvalue weighted by Crippen LogP contribution is -2.57. The number of rotatable bonds is 2. The van der Waals surface area contributed by atoms with Crippen molar-refractivity contribution in [2.45, 2.75) is 35.9 Å². The van der Waals surface area contributed by atoms with Crippen LogP contribution in [0.5, 0.6) is 0 Å². The Kier molecular flexibility index (Phi) is 2.90. The van der Waals surface area contributed by atoms with E-state index in [-0.39, 0.29) is 0 Å². The average Bonchev–Trinajstić information content (AvgIpc) is 2.69. The van der Waals surface area contributed by atoms with E-state index in [4.69, 9.17) is 0 Å². The van der Waals surface area contributed by atoms with Crippen molar-refractivity contribution in [1.29, 1.82) is 0 Å². The van der Waals surface area contributed by atoms with Crippen molar-refractivity contribution in [3.05, 3.63) is 0 Å².